The molecule has 0 radical (unpaired) electrons. The lowest BCUT2D eigenvalue weighted by molar-refractivity contribution is -0.0149. The zero-order valence-electron chi connectivity index (χ0n) is 13.3. The Balaban J connectivity index is 2.95. The molecule has 0 saturated heterocycles. The van der Waals surface area contributed by atoms with Crippen molar-refractivity contribution in [3.05, 3.63) is 0 Å². The third-order valence-electron chi connectivity index (χ3n) is 2.31. The van der Waals surface area contributed by atoms with E-state index in [9.17, 15) is 4.39 Å². The van der Waals surface area contributed by atoms with E-state index in [1.54, 1.807) is 0 Å². The summed E-state index contributed by atoms with van der Waals surface area (Å²) in [6.07, 6.45) is 1.26. The minimum Gasteiger partial charge on any atom is -0.379 e. The molecule has 0 aromatic heterocycles. The van der Waals surface area contributed by atoms with Gasteiger partial charge in [0.25, 0.3) is 0 Å². The first kappa shape index (κ1) is 21.2. The minimum atomic E-state index is 0.0864. The molecule has 0 rings (SSSR count). The van der Waals surface area contributed by atoms with Crippen molar-refractivity contribution < 1.29 is 32.8 Å². The Morgan fingerprint density at radius 1 is 0.591 bits per heavy atom. The van der Waals surface area contributed by atoms with Crippen LogP contribution < -0.4 is 0 Å². The topological polar surface area (TPSA) is 55.4 Å². The van der Waals surface area contributed by atoms with E-state index in [0.29, 0.717) is 72.7 Å². The molecule has 0 heterocycles. The number of rotatable bonds is 17. The molecule has 0 aliphatic carbocycles. The average molecular weight is 322 g/mol. The molecule has 0 bridgehead atoms. The van der Waals surface area contributed by atoms with Crippen molar-refractivity contribution in [1.29, 1.82) is 0 Å². The summed E-state index contributed by atoms with van der Waals surface area (Å²) in [7, 11) is 0. The standard InChI is InChI=1S/C15H27FO6/c1-2-17-6-7-19-10-11-21-14-15-22-13-12-20-9-8-18-5-3-4-16/h2,5-15H2,1H3. The van der Waals surface area contributed by atoms with Crippen LogP contribution in [0.5, 0.6) is 0 Å². The molecule has 0 aliphatic rings. The van der Waals surface area contributed by atoms with Crippen LogP contribution in [0.25, 0.3) is 0 Å². The maximum atomic E-state index is 11.4. The molecule has 0 aromatic carbocycles. The summed E-state index contributed by atoms with van der Waals surface area (Å²) < 4.78 is 42.7. The number of hydrogen-bond donors (Lipinski definition) is 0. The van der Waals surface area contributed by atoms with Crippen molar-refractivity contribution in [3.8, 4) is 12.1 Å². The van der Waals surface area contributed by atoms with E-state index in [1.165, 1.54) is 6.17 Å². The highest BCUT2D eigenvalue weighted by Gasteiger charge is 1.93. The van der Waals surface area contributed by atoms with Crippen LogP contribution in [0.2, 0.25) is 0 Å². The second-order valence-corrected chi connectivity index (χ2v) is 3.97. The molecule has 0 spiro atoms. The molecule has 0 unspecified atom stereocenters. The fourth-order valence-corrected chi connectivity index (χ4v) is 1.29. The summed E-state index contributed by atoms with van der Waals surface area (Å²) in [6, 6.07) is 0. The van der Waals surface area contributed by atoms with Gasteiger partial charge in [-0.2, -0.15) is 0 Å². The zero-order valence-corrected chi connectivity index (χ0v) is 13.3. The van der Waals surface area contributed by atoms with Gasteiger partial charge in [-0.25, -0.2) is 0 Å². The van der Waals surface area contributed by atoms with Gasteiger partial charge in [-0.3, -0.25) is 0 Å². The molecule has 22 heavy (non-hydrogen) atoms. The molecule has 0 saturated carbocycles. The number of hydrogen-bond acceptors (Lipinski definition) is 6. The Kier molecular flexibility index (Phi) is 19.6. The zero-order chi connectivity index (χ0) is 16.1. The SMILES string of the molecule is CCOCCOCCOCCOCCOCCOCC#CF. The largest absolute Gasteiger partial charge is 0.379 e. The lowest BCUT2D eigenvalue weighted by Crippen LogP contribution is -2.14. The van der Waals surface area contributed by atoms with Gasteiger partial charge in [0, 0.05) is 6.61 Å². The van der Waals surface area contributed by atoms with E-state index in [0.717, 1.165) is 0 Å². The third kappa shape index (κ3) is 19.2. The van der Waals surface area contributed by atoms with Crippen molar-refractivity contribution in [1.82, 2.24) is 0 Å². The quantitative estimate of drug-likeness (QED) is 0.295. The van der Waals surface area contributed by atoms with Crippen molar-refractivity contribution >= 4 is 0 Å². The highest BCUT2D eigenvalue weighted by molar-refractivity contribution is 4.89. The molecule has 0 N–H and O–H groups in total. The fraction of sp³-hybridized carbons (Fsp3) is 0.867. The molecule has 6 nitrogen and oxygen atoms in total. The molecular weight excluding hydrogens is 295 g/mol. The summed E-state index contributed by atoms with van der Waals surface area (Å²) in [4.78, 5) is 0. The van der Waals surface area contributed by atoms with Crippen LogP contribution in [0.3, 0.4) is 0 Å². The van der Waals surface area contributed by atoms with E-state index in [4.69, 9.17) is 28.4 Å². The van der Waals surface area contributed by atoms with E-state index in [2.05, 4.69) is 5.92 Å². The van der Waals surface area contributed by atoms with Crippen molar-refractivity contribution in [3.63, 3.8) is 0 Å². The van der Waals surface area contributed by atoms with Crippen molar-refractivity contribution in [2.24, 2.45) is 0 Å². The molecule has 7 heteroatoms. The van der Waals surface area contributed by atoms with Crippen molar-refractivity contribution in [2.45, 2.75) is 6.92 Å². The normalized spacial score (nSPS) is 10.5. The highest BCUT2D eigenvalue weighted by atomic mass is 19.1. The Hall–Kier alpha value is -0.750. The van der Waals surface area contributed by atoms with Gasteiger partial charge in [0.2, 0.25) is 0 Å². The Bertz CT molecular complexity index is 266. The number of ether oxygens (including phenoxy) is 6. The van der Waals surface area contributed by atoms with Gasteiger partial charge >= 0.3 is 0 Å². The summed E-state index contributed by atoms with van der Waals surface area (Å²) in [5.74, 6) is 2.15. The maximum Gasteiger partial charge on any atom is 0.110 e. The van der Waals surface area contributed by atoms with Crippen LogP contribution >= 0.6 is 0 Å². The molecular formula is C15H27FO6. The Morgan fingerprint density at radius 2 is 0.955 bits per heavy atom. The van der Waals surface area contributed by atoms with Crippen molar-refractivity contribution in [2.75, 3.05) is 79.3 Å². The third-order valence-corrected chi connectivity index (χ3v) is 2.31. The second-order valence-electron chi connectivity index (χ2n) is 3.97. The molecule has 0 aliphatic heterocycles. The lowest BCUT2D eigenvalue weighted by Gasteiger charge is -2.07. The molecule has 0 aromatic rings. The Morgan fingerprint density at radius 3 is 1.32 bits per heavy atom. The first-order chi connectivity index (χ1) is 10.9. The summed E-state index contributed by atoms with van der Waals surface area (Å²) >= 11 is 0. The van der Waals surface area contributed by atoms with E-state index >= 15 is 0 Å². The van der Waals surface area contributed by atoms with Crippen LogP contribution in [-0.2, 0) is 28.4 Å². The van der Waals surface area contributed by atoms with E-state index < -0.39 is 0 Å². The average Bonchev–Trinajstić information content (AvgIpc) is 2.54. The predicted molar refractivity (Wildman–Crippen MR) is 79.5 cm³/mol. The van der Waals surface area contributed by atoms with E-state index in [1.807, 2.05) is 6.92 Å². The number of halogens is 1. The Labute approximate surface area is 132 Å². The molecule has 0 fully saturated rings. The van der Waals surface area contributed by atoms with Crippen LogP contribution in [0, 0.1) is 12.1 Å². The molecule has 0 atom stereocenters. The monoisotopic (exact) mass is 322 g/mol. The maximum absolute atomic E-state index is 11.4. The van der Waals surface area contributed by atoms with Gasteiger partial charge < -0.3 is 28.4 Å². The first-order valence-electron chi connectivity index (χ1n) is 7.46. The highest BCUT2D eigenvalue weighted by Crippen LogP contribution is 1.84. The van der Waals surface area contributed by atoms with Crippen LogP contribution in [0.1, 0.15) is 6.92 Å². The minimum absolute atomic E-state index is 0.0864. The summed E-state index contributed by atoms with van der Waals surface area (Å²) in [5, 5.41) is 0. The van der Waals surface area contributed by atoms with Gasteiger partial charge in [-0.05, 0) is 12.8 Å². The fourth-order valence-electron chi connectivity index (χ4n) is 1.29. The van der Waals surface area contributed by atoms with Crippen LogP contribution in [0.15, 0.2) is 0 Å². The first-order valence-corrected chi connectivity index (χ1v) is 7.46. The van der Waals surface area contributed by atoms with Gasteiger partial charge in [-0.1, -0.05) is 0 Å². The van der Waals surface area contributed by atoms with Gasteiger partial charge in [0.05, 0.1) is 66.1 Å². The van der Waals surface area contributed by atoms with Crippen LogP contribution in [0.4, 0.5) is 4.39 Å². The van der Waals surface area contributed by atoms with E-state index in [-0.39, 0.29) is 6.61 Å². The molecule has 130 valence electrons. The second kappa shape index (κ2) is 20.2. The smallest absolute Gasteiger partial charge is 0.110 e. The molecule has 0 amide bonds. The van der Waals surface area contributed by atoms with Crippen LogP contribution in [-0.4, -0.2) is 79.3 Å². The van der Waals surface area contributed by atoms with Gasteiger partial charge in [0.15, 0.2) is 0 Å². The summed E-state index contributed by atoms with van der Waals surface area (Å²) in [6.45, 7) is 7.92. The summed E-state index contributed by atoms with van der Waals surface area (Å²) in [5.41, 5.74) is 0. The van der Waals surface area contributed by atoms with Gasteiger partial charge in [-0.15, -0.1) is 4.39 Å². The predicted octanol–water partition coefficient (Wildman–Crippen LogP) is 1.04. The van der Waals surface area contributed by atoms with Gasteiger partial charge in [0.1, 0.15) is 12.8 Å². The lowest BCUT2D eigenvalue weighted by atomic mass is 10.6.